The third-order valence-corrected chi connectivity index (χ3v) is 5.41. The van der Waals surface area contributed by atoms with E-state index in [4.69, 9.17) is 4.74 Å². The van der Waals surface area contributed by atoms with Crippen LogP contribution in [0.1, 0.15) is 32.7 Å². The summed E-state index contributed by atoms with van der Waals surface area (Å²) in [5, 5.41) is 8.67. The summed E-state index contributed by atoms with van der Waals surface area (Å²) in [6, 6.07) is 23.6. The lowest BCUT2D eigenvalue weighted by atomic mass is 10.1. The molecule has 0 saturated heterocycles. The van der Waals surface area contributed by atoms with Gasteiger partial charge in [-0.15, -0.1) is 0 Å². The first-order valence-electron chi connectivity index (χ1n) is 11.8. The summed E-state index contributed by atoms with van der Waals surface area (Å²) >= 11 is 0. The van der Waals surface area contributed by atoms with Crippen LogP contribution in [0.5, 0.6) is 0 Å². The van der Waals surface area contributed by atoms with Crippen molar-refractivity contribution in [3.63, 3.8) is 0 Å². The van der Waals surface area contributed by atoms with Gasteiger partial charge >= 0.3 is 0 Å². The highest BCUT2D eigenvalue weighted by atomic mass is 16.5. The molecule has 0 bridgehead atoms. The summed E-state index contributed by atoms with van der Waals surface area (Å²) in [4.78, 5) is 39.0. The quantitative estimate of drug-likeness (QED) is 0.337. The van der Waals surface area contributed by atoms with E-state index in [1.165, 1.54) is 0 Å². The molecule has 8 nitrogen and oxygen atoms in total. The summed E-state index contributed by atoms with van der Waals surface area (Å²) in [6.45, 7) is 1.66. The van der Waals surface area contributed by atoms with Crippen molar-refractivity contribution in [1.82, 2.24) is 10.2 Å². The average molecular weight is 489 g/mol. The lowest BCUT2D eigenvalue weighted by molar-refractivity contribution is -0.114. The highest BCUT2D eigenvalue weighted by Gasteiger charge is 2.13. The summed E-state index contributed by atoms with van der Waals surface area (Å²) in [5.41, 5.74) is 3.36. The fraction of sp³-hybridized carbons (Fsp3) is 0.250. The molecule has 3 amide bonds. The standard InChI is InChI=1S/C28H32N4O4/c1-32(20-21-8-4-3-5-9-21)28(35)23-10-6-11-25(18-23)30-19-26(33)31-24-14-12-22(13-15-24)27(34)29-16-7-17-36-2/h3-6,8-15,18,30H,7,16-17,19-20H2,1-2H3,(H,29,34)(H,31,33). The number of nitrogens with zero attached hydrogens (tertiary/aromatic N) is 1. The van der Waals surface area contributed by atoms with Gasteiger partial charge in [0.15, 0.2) is 0 Å². The van der Waals surface area contributed by atoms with Crippen LogP contribution in [0.4, 0.5) is 11.4 Å². The van der Waals surface area contributed by atoms with Gasteiger partial charge in [0, 0.05) is 56.4 Å². The largest absolute Gasteiger partial charge is 0.385 e. The molecule has 0 aliphatic rings. The molecule has 3 N–H and O–H groups in total. The van der Waals surface area contributed by atoms with Crippen LogP contribution in [0.3, 0.4) is 0 Å². The number of hydrogen-bond acceptors (Lipinski definition) is 5. The molecule has 0 spiro atoms. The molecule has 3 aromatic carbocycles. The Labute approximate surface area is 211 Å². The first-order chi connectivity index (χ1) is 17.5. The van der Waals surface area contributed by atoms with Gasteiger partial charge in [0.25, 0.3) is 11.8 Å². The van der Waals surface area contributed by atoms with Crippen molar-refractivity contribution in [2.45, 2.75) is 13.0 Å². The number of carbonyl (C=O) groups excluding carboxylic acids is 3. The van der Waals surface area contributed by atoms with Crippen molar-refractivity contribution < 1.29 is 19.1 Å². The van der Waals surface area contributed by atoms with Crippen LogP contribution in [-0.4, -0.2) is 56.5 Å². The molecule has 0 saturated carbocycles. The molecule has 3 aromatic rings. The molecule has 188 valence electrons. The fourth-order valence-corrected chi connectivity index (χ4v) is 3.52. The van der Waals surface area contributed by atoms with Gasteiger partial charge in [-0.1, -0.05) is 36.4 Å². The van der Waals surface area contributed by atoms with Crippen molar-refractivity contribution in [2.75, 3.05) is 44.5 Å². The van der Waals surface area contributed by atoms with Crippen molar-refractivity contribution in [1.29, 1.82) is 0 Å². The second-order valence-electron chi connectivity index (χ2n) is 8.31. The van der Waals surface area contributed by atoms with E-state index in [2.05, 4.69) is 16.0 Å². The Kier molecular flexibility index (Phi) is 10.0. The van der Waals surface area contributed by atoms with Crippen molar-refractivity contribution in [3.8, 4) is 0 Å². The zero-order valence-electron chi connectivity index (χ0n) is 20.6. The second kappa shape index (κ2) is 13.7. The van der Waals surface area contributed by atoms with Crippen molar-refractivity contribution >= 4 is 29.1 Å². The van der Waals surface area contributed by atoms with Gasteiger partial charge < -0.3 is 25.6 Å². The van der Waals surface area contributed by atoms with E-state index in [0.29, 0.717) is 42.2 Å². The molecular formula is C28H32N4O4. The Balaban J connectivity index is 1.48. The number of benzene rings is 3. The first-order valence-corrected chi connectivity index (χ1v) is 11.8. The Morgan fingerprint density at radius 3 is 2.33 bits per heavy atom. The Morgan fingerprint density at radius 1 is 0.861 bits per heavy atom. The first kappa shape index (κ1) is 26.4. The van der Waals surface area contributed by atoms with E-state index in [0.717, 1.165) is 12.0 Å². The van der Waals surface area contributed by atoms with Gasteiger partial charge in [0.2, 0.25) is 5.91 Å². The number of hydrogen-bond donors (Lipinski definition) is 3. The summed E-state index contributed by atoms with van der Waals surface area (Å²) < 4.78 is 4.96. The zero-order chi connectivity index (χ0) is 25.8. The molecule has 0 heterocycles. The van der Waals surface area contributed by atoms with Gasteiger partial charge in [-0.3, -0.25) is 14.4 Å². The molecule has 0 aliphatic heterocycles. The van der Waals surface area contributed by atoms with E-state index in [-0.39, 0.29) is 24.3 Å². The Morgan fingerprint density at radius 2 is 1.61 bits per heavy atom. The molecule has 3 rings (SSSR count). The molecule has 0 fully saturated rings. The highest BCUT2D eigenvalue weighted by Crippen LogP contribution is 2.14. The van der Waals surface area contributed by atoms with E-state index >= 15 is 0 Å². The number of methoxy groups -OCH3 is 1. The maximum absolute atomic E-state index is 12.8. The maximum Gasteiger partial charge on any atom is 0.253 e. The Bertz CT molecular complexity index is 1150. The van der Waals surface area contributed by atoms with Crippen LogP contribution < -0.4 is 16.0 Å². The normalized spacial score (nSPS) is 10.4. The van der Waals surface area contributed by atoms with Crippen LogP contribution in [-0.2, 0) is 16.1 Å². The van der Waals surface area contributed by atoms with Crippen LogP contribution >= 0.6 is 0 Å². The smallest absolute Gasteiger partial charge is 0.253 e. The lowest BCUT2D eigenvalue weighted by Gasteiger charge is -2.18. The Hall–Kier alpha value is -4.17. The SMILES string of the molecule is COCCCNC(=O)c1ccc(NC(=O)CNc2cccc(C(=O)N(C)Cc3ccccc3)c2)cc1. The van der Waals surface area contributed by atoms with Crippen LogP contribution in [0.2, 0.25) is 0 Å². The van der Waals surface area contributed by atoms with E-state index in [9.17, 15) is 14.4 Å². The predicted octanol–water partition coefficient (Wildman–Crippen LogP) is 3.78. The summed E-state index contributed by atoms with van der Waals surface area (Å²) in [6.07, 6.45) is 0.741. The maximum atomic E-state index is 12.8. The number of carbonyl (C=O) groups is 3. The van der Waals surface area contributed by atoms with Gasteiger partial charge in [-0.25, -0.2) is 0 Å². The second-order valence-corrected chi connectivity index (χ2v) is 8.31. The molecule has 0 unspecified atom stereocenters. The summed E-state index contributed by atoms with van der Waals surface area (Å²) in [5.74, 6) is -0.519. The number of amides is 3. The highest BCUT2D eigenvalue weighted by molar-refractivity contribution is 5.97. The number of anilines is 2. The number of nitrogens with one attached hydrogen (secondary N) is 3. The average Bonchev–Trinajstić information content (AvgIpc) is 2.90. The third-order valence-electron chi connectivity index (χ3n) is 5.41. The monoisotopic (exact) mass is 488 g/mol. The van der Waals surface area contributed by atoms with E-state index in [1.54, 1.807) is 67.6 Å². The van der Waals surface area contributed by atoms with Gasteiger partial charge in [-0.2, -0.15) is 0 Å². The predicted molar refractivity (Wildman–Crippen MR) is 141 cm³/mol. The van der Waals surface area contributed by atoms with Crippen LogP contribution in [0, 0.1) is 0 Å². The van der Waals surface area contributed by atoms with Crippen molar-refractivity contribution in [2.24, 2.45) is 0 Å². The molecule has 8 heteroatoms. The minimum atomic E-state index is -0.246. The lowest BCUT2D eigenvalue weighted by Crippen LogP contribution is -2.26. The molecule has 0 aromatic heterocycles. The molecule has 0 aliphatic carbocycles. The molecule has 36 heavy (non-hydrogen) atoms. The summed E-state index contributed by atoms with van der Waals surface area (Å²) in [7, 11) is 3.38. The van der Waals surface area contributed by atoms with E-state index in [1.807, 2.05) is 30.3 Å². The minimum Gasteiger partial charge on any atom is -0.385 e. The van der Waals surface area contributed by atoms with E-state index < -0.39 is 0 Å². The topological polar surface area (TPSA) is 99.8 Å². The third kappa shape index (κ3) is 8.25. The molecular weight excluding hydrogens is 456 g/mol. The molecule has 0 atom stereocenters. The minimum absolute atomic E-state index is 0.0270. The van der Waals surface area contributed by atoms with Crippen LogP contribution in [0.15, 0.2) is 78.9 Å². The molecule has 0 radical (unpaired) electrons. The van der Waals surface area contributed by atoms with Crippen molar-refractivity contribution in [3.05, 3.63) is 95.6 Å². The zero-order valence-corrected chi connectivity index (χ0v) is 20.6. The van der Waals surface area contributed by atoms with Gasteiger partial charge in [0.1, 0.15) is 0 Å². The van der Waals surface area contributed by atoms with Gasteiger partial charge in [-0.05, 0) is 54.4 Å². The number of ether oxygens (including phenoxy) is 1. The van der Waals surface area contributed by atoms with Crippen LogP contribution in [0.25, 0.3) is 0 Å². The van der Waals surface area contributed by atoms with Gasteiger partial charge in [0.05, 0.1) is 6.54 Å². The fourth-order valence-electron chi connectivity index (χ4n) is 3.52. The number of rotatable bonds is 12.